The van der Waals surface area contributed by atoms with Crippen molar-refractivity contribution in [3.05, 3.63) is 18.2 Å². The highest BCUT2D eigenvalue weighted by Gasteiger charge is 2.28. The molecule has 0 atom stereocenters. The third-order valence-electron chi connectivity index (χ3n) is 4.51. The molecule has 18 heavy (non-hydrogen) atoms. The average molecular weight is 249 g/mol. The normalized spacial score (nSPS) is 19.3. The van der Waals surface area contributed by atoms with Crippen molar-refractivity contribution in [2.75, 3.05) is 13.1 Å². The number of hydrogen-bond acceptors (Lipinski definition) is 2. The first-order chi connectivity index (χ1) is 8.68. The van der Waals surface area contributed by atoms with Gasteiger partial charge >= 0.3 is 0 Å². The largest absolute Gasteiger partial charge is 0.334 e. The molecule has 2 heterocycles. The fourth-order valence-corrected chi connectivity index (χ4v) is 3.11. The molecular formula is C15H27N3. The van der Waals surface area contributed by atoms with Gasteiger partial charge in [-0.2, -0.15) is 0 Å². The smallest absolute Gasteiger partial charge is 0.0948 e. The van der Waals surface area contributed by atoms with Gasteiger partial charge in [-0.15, -0.1) is 0 Å². The van der Waals surface area contributed by atoms with Crippen LogP contribution in [0.25, 0.3) is 0 Å². The van der Waals surface area contributed by atoms with Crippen LogP contribution in [0.5, 0.6) is 0 Å². The molecule has 0 bridgehead atoms. The molecule has 102 valence electrons. The summed E-state index contributed by atoms with van der Waals surface area (Å²) in [6.45, 7) is 10.4. The number of aromatic nitrogens is 2. The van der Waals surface area contributed by atoms with Crippen molar-refractivity contribution in [3.63, 3.8) is 0 Å². The van der Waals surface area contributed by atoms with Crippen LogP contribution in [0.15, 0.2) is 12.5 Å². The van der Waals surface area contributed by atoms with Crippen LogP contribution in [-0.4, -0.2) is 22.6 Å². The van der Waals surface area contributed by atoms with Crippen LogP contribution in [-0.2, 0) is 6.54 Å². The van der Waals surface area contributed by atoms with E-state index in [9.17, 15) is 0 Å². The lowest BCUT2D eigenvalue weighted by atomic mass is 9.80. The molecule has 0 saturated carbocycles. The molecule has 1 N–H and O–H groups in total. The van der Waals surface area contributed by atoms with Crippen molar-refractivity contribution >= 4 is 0 Å². The van der Waals surface area contributed by atoms with Crippen molar-refractivity contribution in [3.8, 4) is 0 Å². The Kier molecular flexibility index (Phi) is 4.44. The lowest BCUT2D eigenvalue weighted by molar-refractivity contribution is 0.192. The molecule has 1 aromatic rings. The summed E-state index contributed by atoms with van der Waals surface area (Å²) in [5.74, 6) is 0.665. The standard InChI is InChI=1S/C15H27N3/c1-4-13(5-2)14-10-17-12-18(14)11-15(3)6-8-16-9-7-15/h10,12-13,16H,4-9,11H2,1-3H3. The molecule has 1 saturated heterocycles. The molecule has 0 aliphatic carbocycles. The van der Waals surface area contributed by atoms with Crippen LogP contribution in [0.1, 0.15) is 58.1 Å². The molecule has 1 aliphatic rings. The summed E-state index contributed by atoms with van der Waals surface area (Å²) in [4.78, 5) is 4.38. The summed E-state index contributed by atoms with van der Waals surface area (Å²) in [6, 6.07) is 0. The van der Waals surface area contributed by atoms with Crippen molar-refractivity contribution in [2.45, 2.75) is 58.9 Å². The number of rotatable bonds is 5. The van der Waals surface area contributed by atoms with E-state index in [1.807, 2.05) is 6.33 Å². The predicted molar refractivity (Wildman–Crippen MR) is 75.8 cm³/mol. The minimum atomic E-state index is 0.437. The van der Waals surface area contributed by atoms with E-state index in [0.717, 1.165) is 19.6 Å². The minimum absolute atomic E-state index is 0.437. The third-order valence-corrected chi connectivity index (χ3v) is 4.51. The highest BCUT2D eigenvalue weighted by atomic mass is 15.1. The van der Waals surface area contributed by atoms with Gasteiger partial charge < -0.3 is 9.88 Å². The second kappa shape index (κ2) is 5.87. The SMILES string of the molecule is CCC(CC)c1cncn1CC1(C)CCNCC1. The van der Waals surface area contributed by atoms with Crippen LogP contribution in [0.2, 0.25) is 0 Å². The van der Waals surface area contributed by atoms with E-state index in [1.165, 1.54) is 31.4 Å². The second-order valence-corrected chi connectivity index (χ2v) is 6.02. The van der Waals surface area contributed by atoms with Gasteiger partial charge in [-0.3, -0.25) is 0 Å². The van der Waals surface area contributed by atoms with Gasteiger partial charge in [-0.25, -0.2) is 4.98 Å². The first-order valence-corrected chi connectivity index (χ1v) is 7.39. The van der Waals surface area contributed by atoms with Gasteiger partial charge in [0.25, 0.3) is 0 Å². The number of imidazole rings is 1. The van der Waals surface area contributed by atoms with Crippen LogP contribution in [0.4, 0.5) is 0 Å². The van der Waals surface area contributed by atoms with Gasteiger partial charge in [0.2, 0.25) is 0 Å². The zero-order chi connectivity index (χ0) is 13.0. The van der Waals surface area contributed by atoms with Gasteiger partial charge in [0, 0.05) is 24.4 Å². The van der Waals surface area contributed by atoms with E-state index in [-0.39, 0.29) is 0 Å². The van der Waals surface area contributed by atoms with Crippen molar-refractivity contribution in [1.82, 2.24) is 14.9 Å². The van der Waals surface area contributed by atoms with E-state index in [4.69, 9.17) is 0 Å². The number of nitrogens with one attached hydrogen (secondary N) is 1. The Bertz CT molecular complexity index is 360. The van der Waals surface area contributed by atoms with Gasteiger partial charge in [-0.05, 0) is 44.2 Å². The molecule has 3 nitrogen and oxygen atoms in total. The maximum atomic E-state index is 4.38. The number of piperidine rings is 1. The summed E-state index contributed by atoms with van der Waals surface area (Å²) in [5.41, 5.74) is 1.87. The van der Waals surface area contributed by atoms with Gasteiger partial charge in [0.1, 0.15) is 0 Å². The summed E-state index contributed by atoms with van der Waals surface area (Å²) in [7, 11) is 0. The zero-order valence-corrected chi connectivity index (χ0v) is 12.1. The van der Waals surface area contributed by atoms with Crippen LogP contribution < -0.4 is 5.32 Å². The summed E-state index contributed by atoms with van der Waals surface area (Å²) >= 11 is 0. The Hall–Kier alpha value is -0.830. The van der Waals surface area contributed by atoms with Gasteiger partial charge in [-0.1, -0.05) is 20.8 Å². The van der Waals surface area contributed by atoms with Crippen LogP contribution >= 0.6 is 0 Å². The lowest BCUT2D eigenvalue weighted by Crippen LogP contribution is -2.37. The van der Waals surface area contributed by atoms with Crippen molar-refractivity contribution < 1.29 is 0 Å². The molecule has 0 amide bonds. The Morgan fingerprint density at radius 2 is 2.00 bits per heavy atom. The van der Waals surface area contributed by atoms with E-state index < -0.39 is 0 Å². The first kappa shape index (κ1) is 13.6. The summed E-state index contributed by atoms with van der Waals surface area (Å²) in [5, 5.41) is 3.45. The fourth-order valence-electron chi connectivity index (χ4n) is 3.11. The molecule has 2 rings (SSSR count). The Morgan fingerprint density at radius 1 is 1.33 bits per heavy atom. The van der Waals surface area contributed by atoms with E-state index in [2.05, 4.69) is 41.8 Å². The maximum absolute atomic E-state index is 4.38. The zero-order valence-electron chi connectivity index (χ0n) is 12.1. The highest BCUT2D eigenvalue weighted by molar-refractivity contribution is 5.06. The number of hydrogen-bond donors (Lipinski definition) is 1. The molecule has 0 radical (unpaired) electrons. The molecule has 0 spiro atoms. The third kappa shape index (κ3) is 2.94. The Balaban J connectivity index is 2.11. The monoisotopic (exact) mass is 249 g/mol. The fraction of sp³-hybridized carbons (Fsp3) is 0.800. The van der Waals surface area contributed by atoms with E-state index >= 15 is 0 Å². The van der Waals surface area contributed by atoms with E-state index in [0.29, 0.717) is 11.3 Å². The predicted octanol–water partition coefficient (Wildman–Crippen LogP) is 3.18. The Morgan fingerprint density at radius 3 is 2.61 bits per heavy atom. The topological polar surface area (TPSA) is 29.9 Å². The molecule has 1 fully saturated rings. The summed E-state index contributed by atoms with van der Waals surface area (Å²) in [6.07, 6.45) is 9.06. The molecular weight excluding hydrogens is 222 g/mol. The van der Waals surface area contributed by atoms with Crippen molar-refractivity contribution in [2.24, 2.45) is 5.41 Å². The number of nitrogens with zero attached hydrogens (tertiary/aromatic N) is 2. The van der Waals surface area contributed by atoms with Crippen molar-refractivity contribution in [1.29, 1.82) is 0 Å². The molecule has 0 aromatic carbocycles. The molecule has 1 aliphatic heterocycles. The molecule has 3 heteroatoms. The van der Waals surface area contributed by atoms with Gasteiger partial charge in [0.05, 0.1) is 6.33 Å². The second-order valence-electron chi connectivity index (χ2n) is 6.02. The average Bonchev–Trinajstić information content (AvgIpc) is 2.79. The minimum Gasteiger partial charge on any atom is -0.334 e. The summed E-state index contributed by atoms with van der Waals surface area (Å²) < 4.78 is 2.41. The Labute approximate surface area is 111 Å². The lowest BCUT2D eigenvalue weighted by Gasteiger charge is -2.35. The van der Waals surface area contributed by atoms with E-state index in [1.54, 1.807) is 0 Å². The molecule has 1 aromatic heterocycles. The van der Waals surface area contributed by atoms with Crippen LogP contribution in [0, 0.1) is 5.41 Å². The van der Waals surface area contributed by atoms with Crippen LogP contribution in [0.3, 0.4) is 0 Å². The first-order valence-electron chi connectivity index (χ1n) is 7.39. The highest BCUT2D eigenvalue weighted by Crippen LogP contribution is 2.32. The maximum Gasteiger partial charge on any atom is 0.0948 e. The molecule has 0 unspecified atom stereocenters. The quantitative estimate of drug-likeness (QED) is 0.868. The van der Waals surface area contributed by atoms with Gasteiger partial charge in [0.15, 0.2) is 0 Å².